The Morgan fingerprint density at radius 3 is 2.59 bits per heavy atom. The van der Waals surface area contributed by atoms with Gasteiger partial charge in [0.1, 0.15) is 9.71 Å². The third-order valence-electron chi connectivity index (χ3n) is 5.81. The molecule has 1 aliphatic rings. The molecule has 0 spiro atoms. The van der Waals surface area contributed by atoms with E-state index in [9.17, 15) is 18.0 Å². The molecule has 0 radical (unpaired) electrons. The number of benzene rings is 2. The van der Waals surface area contributed by atoms with Crippen molar-refractivity contribution in [1.29, 1.82) is 0 Å². The van der Waals surface area contributed by atoms with Crippen LogP contribution in [0.3, 0.4) is 0 Å². The number of para-hydroxylation sites is 1. The van der Waals surface area contributed by atoms with Crippen LogP contribution in [-0.2, 0) is 24.3 Å². The molecule has 0 atom stereocenters. The van der Waals surface area contributed by atoms with E-state index in [1.807, 2.05) is 37.3 Å². The Balaban J connectivity index is 1.24. The molecule has 1 aliphatic heterocycles. The summed E-state index contributed by atoms with van der Waals surface area (Å²) in [6, 6.07) is 17.3. The molecule has 1 amide bonds. The van der Waals surface area contributed by atoms with Crippen molar-refractivity contribution < 1.29 is 27.5 Å². The zero-order chi connectivity index (χ0) is 26.0. The Kier molecular flexibility index (Phi) is 7.07. The monoisotopic (exact) mass is 540 g/mol. The fourth-order valence-electron chi connectivity index (χ4n) is 3.96. The van der Waals surface area contributed by atoms with Crippen molar-refractivity contribution in [3.63, 3.8) is 0 Å². The Morgan fingerprint density at radius 1 is 1.08 bits per heavy atom. The number of thiophene rings is 1. The van der Waals surface area contributed by atoms with Crippen molar-refractivity contribution in [3.05, 3.63) is 71.2 Å². The highest BCUT2D eigenvalue weighted by Gasteiger charge is 2.26. The molecular weight excluding hydrogens is 516 g/mol. The molecule has 1 fully saturated rings. The Bertz CT molecular complexity index is 1560. The van der Waals surface area contributed by atoms with Gasteiger partial charge in [-0.15, -0.1) is 11.3 Å². The number of sulfonamides is 1. The predicted octanol–water partition coefficient (Wildman–Crippen LogP) is 3.21. The van der Waals surface area contributed by atoms with Gasteiger partial charge in [0, 0.05) is 24.2 Å². The fraction of sp³-hybridized carbons (Fsp3) is 0.240. The summed E-state index contributed by atoms with van der Waals surface area (Å²) < 4.78 is 39.3. The highest BCUT2D eigenvalue weighted by Crippen LogP contribution is 2.30. The van der Waals surface area contributed by atoms with Gasteiger partial charge in [-0.1, -0.05) is 24.3 Å². The van der Waals surface area contributed by atoms with Gasteiger partial charge < -0.3 is 14.8 Å². The predicted molar refractivity (Wildman–Crippen MR) is 139 cm³/mol. The van der Waals surface area contributed by atoms with Crippen molar-refractivity contribution in [2.45, 2.75) is 11.8 Å². The van der Waals surface area contributed by atoms with Crippen LogP contribution in [0, 0.1) is 6.92 Å². The highest BCUT2D eigenvalue weighted by molar-refractivity contribution is 7.89. The average molecular weight is 541 g/mol. The maximum absolute atomic E-state index is 12.9. The van der Waals surface area contributed by atoms with Gasteiger partial charge in [0.15, 0.2) is 6.61 Å². The number of rotatable bonds is 7. The Labute approximate surface area is 217 Å². The molecule has 0 aliphatic carbocycles. The number of anilines is 1. The van der Waals surface area contributed by atoms with Crippen molar-refractivity contribution in [2.75, 3.05) is 38.2 Å². The lowest BCUT2D eigenvalue weighted by atomic mass is 10.3. The molecule has 5 rings (SSSR count). The van der Waals surface area contributed by atoms with Crippen LogP contribution < -0.4 is 5.32 Å². The molecule has 4 aromatic rings. The summed E-state index contributed by atoms with van der Waals surface area (Å²) in [6.07, 6.45) is 0. The van der Waals surface area contributed by atoms with Gasteiger partial charge in [0.2, 0.25) is 10.0 Å². The number of esters is 1. The lowest BCUT2D eigenvalue weighted by Crippen LogP contribution is -2.40. The van der Waals surface area contributed by atoms with Crippen LogP contribution in [0.2, 0.25) is 0 Å². The number of carbonyl (C=O) groups is 2. The molecule has 2 aromatic heterocycles. The van der Waals surface area contributed by atoms with Gasteiger partial charge in [-0.2, -0.15) is 9.40 Å². The van der Waals surface area contributed by atoms with Crippen molar-refractivity contribution in [3.8, 4) is 5.69 Å². The first-order valence-electron chi connectivity index (χ1n) is 11.5. The van der Waals surface area contributed by atoms with Crippen LogP contribution >= 0.6 is 11.3 Å². The summed E-state index contributed by atoms with van der Waals surface area (Å²) in [5, 5.41) is 7.98. The van der Waals surface area contributed by atoms with Gasteiger partial charge in [0.25, 0.3) is 5.91 Å². The first-order chi connectivity index (χ1) is 17.8. The summed E-state index contributed by atoms with van der Waals surface area (Å²) in [7, 11) is -3.71. The number of hydrogen-bond donors (Lipinski definition) is 1. The molecule has 1 N–H and O–H groups in total. The average Bonchev–Trinajstić information content (AvgIpc) is 3.49. The maximum Gasteiger partial charge on any atom is 0.348 e. The standard InChI is InChI=1S/C25H24N4O6S2/c1-17-21-15-22(36-24(21)29(27-17)19-7-3-2-4-8-19)25(31)35-16-23(30)26-18-6-5-9-20(14-18)37(32,33)28-10-12-34-13-11-28/h2-9,14-15H,10-13,16H2,1H3,(H,26,30). The normalized spacial score (nSPS) is 14.5. The summed E-state index contributed by atoms with van der Waals surface area (Å²) in [4.78, 5) is 26.3. The molecule has 3 heterocycles. The number of carbonyl (C=O) groups excluding carboxylic acids is 2. The molecule has 0 bridgehead atoms. The summed E-state index contributed by atoms with van der Waals surface area (Å²) in [5.41, 5.74) is 1.94. The number of nitrogens with zero attached hydrogens (tertiary/aromatic N) is 3. The minimum absolute atomic E-state index is 0.0669. The van der Waals surface area contributed by atoms with E-state index in [0.717, 1.165) is 21.6 Å². The number of aryl methyl sites for hydroxylation is 1. The Morgan fingerprint density at radius 2 is 1.84 bits per heavy atom. The third kappa shape index (κ3) is 5.27. The molecule has 0 saturated carbocycles. The molecular formula is C25H24N4O6S2. The van der Waals surface area contributed by atoms with Crippen LogP contribution in [0.25, 0.3) is 15.9 Å². The van der Waals surface area contributed by atoms with Gasteiger partial charge in [-0.25, -0.2) is 17.9 Å². The van der Waals surface area contributed by atoms with E-state index in [1.54, 1.807) is 22.9 Å². The minimum Gasteiger partial charge on any atom is -0.451 e. The smallest absolute Gasteiger partial charge is 0.348 e. The zero-order valence-electron chi connectivity index (χ0n) is 19.9. The van der Waals surface area contributed by atoms with E-state index in [4.69, 9.17) is 9.47 Å². The second kappa shape index (κ2) is 10.4. The number of aromatic nitrogens is 2. The molecule has 2 aromatic carbocycles. The van der Waals surface area contributed by atoms with Crippen LogP contribution in [0.1, 0.15) is 15.4 Å². The molecule has 1 saturated heterocycles. The van der Waals surface area contributed by atoms with E-state index in [1.165, 1.54) is 27.8 Å². The van der Waals surface area contributed by atoms with Crippen molar-refractivity contribution >= 4 is 49.1 Å². The van der Waals surface area contributed by atoms with Crippen LogP contribution in [0.4, 0.5) is 5.69 Å². The van der Waals surface area contributed by atoms with Gasteiger partial charge in [0.05, 0.1) is 29.5 Å². The number of hydrogen-bond acceptors (Lipinski definition) is 8. The second-order valence-corrected chi connectivity index (χ2v) is 11.3. The lowest BCUT2D eigenvalue weighted by Gasteiger charge is -2.26. The summed E-state index contributed by atoms with van der Waals surface area (Å²) in [6.45, 7) is 2.57. The number of fused-ring (bicyclic) bond motifs is 1. The number of morpholine rings is 1. The fourth-order valence-corrected chi connectivity index (χ4v) is 6.49. The quantitative estimate of drug-likeness (QED) is 0.358. The zero-order valence-corrected chi connectivity index (χ0v) is 21.5. The van der Waals surface area contributed by atoms with Gasteiger partial charge >= 0.3 is 5.97 Å². The van der Waals surface area contributed by atoms with Crippen LogP contribution in [-0.4, -0.2) is 67.3 Å². The topological polar surface area (TPSA) is 120 Å². The minimum atomic E-state index is -3.71. The van der Waals surface area contributed by atoms with Crippen molar-refractivity contribution in [2.24, 2.45) is 0 Å². The maximum atomic E-state index is 12.9. The van der Waals surface area contributed by atoms with Crippen LogP contribution in [0.5, 0.6) is 0 Å². The largest absolute Gasteiger partial charge is 0.451 e. The molecule has 10 nitrogen and oxygen atoms in total. The first-order valence-corrected chi connectivity index (χ1v) is 13.8. The summed E-state index contributed by atoms with van der Waals surface area (Å²) >= 11 is 1.24. The van der Waals surface area contributed by atoms with Gasteiger partial charge in [-0.05, 0) is 43.3 Å². The third-order valence-corrected chi connectivity index (χ3v) is 8.79. The SMILES string of the molecule is Cc1nn(-c2ccccc2)c2sc(C(=O)OCC(=O)Nc3cccc(S(=O)(=O)N4CCOCC4)c3)cc12. The van der Waals surface area contributed by atoms with Crippen LogP contribution in [0.15, 0.2) is 65.6 Å². The summed E-state index contributed by atoms with van der Waals surface area (Å²) in [5.74, 6) is -1.21. The van der Waals surface area contributed by atoms with E-state index in [0.29, 0.717) is 18.1 Å². The number of amides is 1. The second-order valence-electron chi connectivity index (χ2n) is 8.33. The molecule has 12 heteroatoms. The number of nitrogens with one attached hydrogen (secondary N) is 1. The van der Waals surface area contributed by atoms with Crippen molar-refractivity contribution in [1.82, 2.24) is 14.1 Å². The number of ether oxygens (including phenoxy) is 2. The van der Waals surface area contributed by atoms with E-state index >= 15 is 0 Å². The Hall–Kier alpha value is -3.58. The van der Waals surface area contributed by atoms with E-state index < -0.39 is 28.5 Å². The first kappa shape index (κ1) is 25.1. The molecule has 0 unspecified atom stereocenters. The lowest BCUT2D eigenvalue weighted by molar-refractivity contribution is -0.119. The molecule has 192 valence electrons. The van der Waals surface area contributed by atoms with E-state index in [-0.39, 0.29) is 23.7 Å². The molecule has 37 heavy (non-hydrogen) atoms. The van der Waals surface area contributed by atoms with Gasteiger partial charge in [-0.3, -0.25) is 4.79 Å². The highest BCUT2D eigenvalue weighted by atomic mass is 32.2. The van der Waals surface area contributed by atoms with E-state index in [2.05, 4.69) is 10.4 Å².